The lowest BCUT2D eigenvalue weighted by Gasteiger charge is -2.09. The molecule has 0 rings (SSSR count). The molecule has 0 heterocycles. The van der Waals surface area contributed by atoms with Crippen molar-refractivity contribution in [2.75, 3.05) is 19.9 Å². The Morgan fingerprint density at radius 1 is 1.36 bits per heavy atom. The summed E-state index contributed by atoms with van der Waals surface area (Å²) in [6, 6.07) is 0. The van der Waals surface area contributed by atoms with Gasteiger partial charge in [-0.15, -0.1) is 0 Å². The molecule has 0 radical (unpaired) electrons. The van der Waals surface area contributed by atoms with Crippen LogP contribution < -0.4 is 0 Å². The van der Waals surface area contributed by atoms with Gasteiger partial charge in [0.1, 0.15) is 0 Å². The van der Waals surface area contributed by atoms with Gasteiger partial charge in [-0.3, -0.25) is 4.57 Å². The molecule has 0 saturated heterocycles. The van der Waals surface area contributed by atoms with Crippen molar-refractivity contribution in [3.05, 3.63) is 0 Å². The number of hydrogen-bond donors (Lipinski definition) is 0. The molecule has 0 saturated carbocycles. The molecule has 0 fully saturated rings. The Morgan fingerprint density at radius 3 is 2.09 bits per heavy atom. The summed E-state index contributed by atoms with van der Waals surface area (Å²) in [7, 11) is -2.75. The lowest BCUT2D eigenvalue weighted by Crippen LogP contribution is -2.10. The predicted octanol–water partition coefficient (Wildman–Crippen LogP) is 2.49. The standard InChI is InChI=1S/C5H10F3O2P/c1-11(2,9)10-4-3-5(6,7)8/h3-4H2,1-2H3. The molecule has 0 bridgehead atoms. The summed E-state index contributed by atoms with van der Waals surface area (Å²) in [5, 5.41) is 0. The first-order chi connectivity index (χ1) is 4.71. The lowest BCUT2D eigenvalue weighted by atomic mass is 10.5. The van der Waals surface area contributed by atoms with E-state index < -0.39 is 26.6 Å². The van der Waals surface area contributed by atoms with E-state index in [0.717, 1.165) is 0 Å². The number of alkyl halides is 3. The van der Waals surface area contributed by atoms with Gasteiger partial charge in [0.05, 0.1) is 13.0 Å². The third-order valence-electron chi connectivity index (χ3n) is 0.788. The van der Waals surface area contributed by atoms with Crippen LogP contribution in [0.2, 0.25) is 0 Å². The average Bonchev–Trinajstić information content (AvgIpc) is 1.55. The average molecular weight is 190 g/mol. The maximum Gasteiger partial charge on any atom is 0.391 e. The van der Waals surface area contributed by atoms with Crippen LogP contribution in [0, 0.1) is 0 Å². The van der Waals surface area contributed by atoms with Crippen molar-refractivity contribution in [3.63, 3.8) is 0 Å². The molecule has 0 unspecified atom stereocenters. The van der Waals surface area contributed by atoms with E-state index in [0.29, 0.717) is 0 Å². The van der Waals surface area contributed by atoms with Crippen LogP contribution >= 0.6 is 7.37 Å². The fourth-order valence-corrected chi connectivity index (χ4v) is 0.912. The summed E-state index contributed by atoms with van der Waals surface area (Å²) in [6.07, 6.45) is -5.27. The third kappa shape index (κ3) is 9.98. The minimum atomic E-state index is -4.23. The summed E-state index contributed by atoms with van der Waals surface area (Å²) in [5.41, 5.74) is 0. The molecule has 6 heteroatoms. The summed E-state index contributed by atoms with van der Waals surface area (Å²) in [4.78, 5) is 0. The first-order valence-electron chi connectivity index (χ1n) is 2.97. The van der Waals surface area contributed by atoms with Crippen LogP contribution in [-0.4, -0.2) is 26.1 Å². The van der Waals surface area contributed by atoms with Gasteiger partial charge in [0.15, 0.2) is 7.37 Å². The molecule has 0 N–H and O–H groups in total. The highest BCUT2D eigenvalue weighted by Crippen LogP contribution is 2.38. The topological polar surface area (TPSA) is 26.3 Å². The second-order valence-electron chi connectivity index (χ2n) is 2.45. The SMILES string of the molecule is CP(C)(=O)OCCC(F)(F)F. The van der Waals surface area contributed by atoms with Crippen LogP contribution in [0.1, 0.15) is 6.42 Å². The zero-order valence-electron chi connectivity index (χ0n) is 6.31. The van der Waals surface area contributed by atoms with Crippen molar-refractivity contribution in [3.8, 4) is 0 Å². The Hall–Kier alpha value is -0.0200. The Bertz CT molecular complexity index is 160. The molecule has 0 aromatic rings. The molecule has 11 heavy (non-hydrogen) atoms. The molecule has 0 aliphatic rings. The van der Waals surface area contributed by atoms with Crippen molar-refractivity contribution < 1.29 is 22.3 Å². The first kappa shape index (κ1) is 11.0. The molecule has 0 aliphatic carbocycles. The zero-order valence-corrected chi connectivity index (χ0v) is 7.21. The number of hydrogen-bond acceptors (Lipinski definition) is 2. The molecule has 68 valence electrons. The van der Waals surface area contributed by atoms with E-state index in [-0.39, 0.29) is 0 Å². The van der Waals surface area contributed by atoms with Gasteiger partial charge in [-0.1, -0.05) is 0 Å². The van der Waals surface area contributed by atoms with Crippen molar-refractivity contribution in [1.29, 1.82) is 0 Å². The van der Waals surface area contributed by atoms with Gasteiger partial charge in [-0.25, -0.2) is 0 Å². The van der Waals surface area contributed by atoms with Crippen LogP contribution in [0.15, 0.2) is 0 Å². The quantitative estimate of drug-likeness (QED) is 0.639. The van der Waals surface area contributed by atoms with Gasteiger partial charge >= 0.3 is 6.18 Å². The van der Waals surface area contributed by atoms with E-state index >= 15 is 0 Å². The summed E-state index contributed by atoms with van der Waals surface area (Å²) >= 11 is 0. The van der Waals surface area contributed by atoms with Crippen molar-refractivity contribution >= 4 is 7.37 Å². The van der Waals surface area contributed by atoms with E-state index in [1.807, 2.05) is 0 Å². The molecule has 0 amide bonds. The van der Waals surface area contributed by atoms with E-state index in [9.17, 15) is 17.7 Å². The Balaban J connectivity index is 3.52. The fourth-order valence-electron chi connectivity index (χ4n) is 0.381. The largest absolute Gasteiger partial charge is 0.391 e. The molecule has 0 aromatic heterocycles. The maximum atomic E-state index is 11.5. The van der Waals surface area contributed by atoms with Crippen molar-refractivity contribution in [2.24, 2.45) is 0 Å². The highest BCUT2D eigenvalue weighted by molar-refractivity contribution is 7.57. The van der Waals surface area contributed by atoms with Gasteiger partial charge in [0, 0.05) is 13.3 Å². The van der Waals surface area contributed by atoms with Crippen LogP contribution in [0.3, 0.4) is 0 Å². The molecule has 0 atom stereocenters. The maximum absolute atomic E-state index is 11.5. The predicted molar refractivity (Wildman–Crippen MR) is 36.1 cm³/mol. The highest BCUT2D eigenvalue weighted by atomic mass is 31.2. The van der Waals surface area contributed by atoms with Gasteiger partial charge in [0.25, 0.3) is 0 Å². The molecular formula is C5H10F3O2P. The number of rotatable bonds is 3. The van der Waals surface area contributed by atoms with Gasteiger partial charge in [-0.2, -0.15) is 13.2 Å². The smallest absolute Gasteiger partial charge is 0.328 e. The van der Waals surface area contributed by atoms with E-state index in [1.54, 1.807) is 0 Å². The van der Waals surface area contributed by atoms with Gasteiger partial charge < -0.3 is 4.52 Å². The van der Waals surface area contributed by atoms with Gasteiger partial charge in [-0.05, 0) is 0 Å². The zero-order chi connectivity index (χ0) is 9.12. The molecular weight excluding hydrogens is 180 g/mol. The summed E-state index contributed by atoms with van der Waals surface area (Å²) < 4.78 is 49.5. The molecule has 0 spiro atoms. The minimum Gasteiger partial charge on any atom is -0.328 e. The Labute approximate surface area is 63.2 Å². The first-order valence-corrected chi connectivity index (χ1v) is 5.49. The monoisotopic (exact) mass is 190 g/mol. The highest BCUT2D eigenvalue weighted by Gasteiger charge is 2.27. The third-order valence-corrected chi connectivity index (χ3v) is 1.59. The summed E-state index contributed by atoms with van der Waals surface area (Å²) in [5.74, 6) is 0. The Kier molecular flexibility index (Phi) is 3.58. The molecule has 0 aliphatic heterocycles. The second kappa shape index (κ2) is 3.59. The van der Waals surface area contributed by atoms with E-state index in [2.05, 4.69) is 4.52 Å². The van der Waals surface area contributed by atoms with Crippen molar-refractivity contribution in [2.45, 2.75) is 12.6 Å². The second-order valence-corrected chi connectivity index (χ2v) is 5.21. The Morgan fingerprint density at radius 2 is 1.82 bits per heavy atom. The van der Waals surface area contributed by atoms with Crippen LogP contribution in [0.5, 0.6) is 0 Å². The van der Waals surface area contributed by atoms with Gasteiger partial charge in [0.2, 0.25) is 0 Å². The summed E-state index contributed by atoms with van der Waals surface area (Å²) in [6.45, 7) is 2.04. The fraction of sp³-hybridized carbons (Fsp3) is 1.00. The van der Waals surface area contributed by atoms with Crippen LogP contribution in [0.4, 0.5) is 13.2 Å². The molecule has 2 nitrogen and oxygen atoms in total. The number of halogens is 3. The van der Waals surface area contributed by atoms with E-state index in [1.165, 1.54) is 13.3 Å². The molecule has 0 aromatic carbocycles. The van der Waals surface area contributed by atoms with Crippen LogP contribution in [0.25, 0.3) is 0 Å². The van der Waals surface area contributed by atoms with Crippen molar-refractivity contribution in [1.82, 2.24) is 0 Å². The van der Waals surface area contributed by atoms with Crippen LogP contribution in [-0.2, 0) is 9.09 Å². The minimum absolute atomic E-state index is 0.520. The lowest BCUT2D eigenvalue weighted by molar-refractivity contribution is -0.139. The normalized spacial score (nSPS) is 13.5. The van der Waals surface area contributed by atoms with E-state index in [4.69, 9.17) is 0 Å².